The smallest absolute Gasteiger partial charge is 0.319 e. The minimum atomic E-state index is -0.523. The summed E-state index contributed by atoms with van der Waals surface area (Å²) in [4.78, 5) is 14.2. The van der Waals surface area contributed by atoms with Gasteiger partial charge in [-0.15, -0.1) is 0 Å². The highest BCUT2D eigenvalue weighted by Gasteiger charge is 2.28. The van der Waals surface area contributed by atoms with Crippen molar-refractivity contribution in [3.63, 3.8) is 0 Å². The number of nitrogens with one attached hydrogen (secondary N) is 1. The maximum absolute atomic E-state index is 12.6. The van der Waals surface area contributed by atoms with E-state index in [0.29, 0.717) is 22.3 Å². The zero-order valence-corrected chi connectivity index (χ0v) is 19.0. The third-order valence-corrected chi connectivity index (χ3v) is 6.11. The fourth-order valence-corrected chi connectivity index (χ4v) is 3.98. The zero-order chi connectivity index (χ0) is 22.2. The van der Waals surface area contributed by atoms with Gasteiger partial charge >= 0.3 is 6.03 Å². The van der Waals surface area contributed by atoms with Crippen molar-refractivity contribution in [3.05, 3.63) is 100 Å². The lowest BCUT2D eigenvalue weighted by Crippen LogP contribution is -2.53. The Labute approximate surface area is 194 Å². The monoisotopic (exact) mass is 455 g/mol. The molecule has 0 aliphatic carbocycles. The van der Waals surface area contributed by atoms with Gasteiger partial charge in [-0.1, -0.05) is 83.9 Å². The molecular formula is C25H27Cl2N3O. The van der Waals surface area contributed by atoms with Crippen LogP contribution >= 0.6 is 23.2 Å². The predicted octanol–water partition coefficient (Wildman–Crippen LogP) is 6.06. The van der Waals surface area contributed by atoms with E-state index in [9.17, 15) is 4.79 Å². The van der Waals surface area contributed by atoms with Gasteiger partial charge in [-0.25, -0.2) is 4.79 Å². The number of nitrogens with two attached hydrogens (primary N) is 1. The first-order valence-corrected chi connectivity index (χ1v) is 11.1. The standard InChI is InChI=1S/C25H27Cl2N3O/c1-18(29-17-20-10-6-3-7-11-20)24(15-12-19-8-4-2-5-9-19)30(25(28)31)21-13-14-22(26)23(27)16-21/h2-11,13-14,16,18,24,29H,12,15,17H2,1H3,(H2,28,31). The lowest BCUT2D eigenvalue weighted by molar-refractivity contribution is 0.248. The molecule has 31 heavy (non-hydrogen) atoms. The number of benzene rings is 3. The van der Waals surface area contributed by atoms with Gasteiger partial charge in [0.25, 0.3) is 0 Å². The molecule has 3 aromatic carbocycles. The Morgan fingerprint density at radius 3 is 2.13 bits per heavy atom. The van der Waals surface area contributed by atoms with Crippen molar-refractivity contribution < 1.29 is 4.79 Å². The number of urea groups is 1. The topological polar surface area (TPSA) is 58.4 Å². The van der Waals surface area contributed by atoms with Crippen molar-refractivity contribution in [1.29, 1.82) is 0 Å². The molecule has 2 amide bonds. The molecule has 2 atom stereocenters. The second kappa shape index (κ2) is 11.2. The summed E-state index contributed by atoms with van der Waals surface area (Å²) in [6.07, 6.45) is 1.55. The Balaban J connectivity index is 1.85. The van der Waals surface area contributed by atoms with Crippen LogP contribution in [0, 0.1) is 0 Å². The first-order chi connectivity index (χ1) is 15.0. The predicted molar refractivity (Wildman–Crippen MR) is 130 cm³/mol. The van der Waals surface area contributed by atoms with Crippen LogP contribution in [0.3, 0.4) is 0 Å². The van der Waals surface area contributed by atoms with Crippen molar-refractivity contribution in [1.82, 2.24) is 5.32 Å². The second-order valence-corrected chi connectivity index (χ2v) is 8.37. The largest absolute Gasteiger partial charge is 0.351 e. The van der Waals surface area contributed by atoms with Gasteiger partial charge in [0.15, 0.2) is 0 Å². The molecule has 0 aromatic heterocycles. The molecule has 2 unspecified atom stereocenters. The Kier molecular flexibility index (Phi) is 8.35. The summed E-state index contributed by atoms with van der Waals surface area (Å²) in [5.41, 5.74) is 8.87. The molecule has 162 valence electrons. The summed E-state index contributed by atoms with van der Waals surface area (Å²) < 4.78 is 0. The Morgan fingerprint density at radius 1 is 0.935 bits per heavy atom. The first kappa shape index (κ1) is 23.1. The van der Waals surface area contributed by atoms with Crippen LogP contribution < -0.4 is 16.0 Å². The van der Waals surface area contributed by atoms with Crippen LogP contribution in [0.2, 0.25) is 10.0 Å². The first-order valence-electron chi connectivity index (χ1n) is 10.3. The van der Waals surface area contributed by atoms with Crippen LogP contribution in [0.1, 0.15) is 24.5 Å². The number of carbonyl (C=O) groups excluding carboxylic acids is 1. The van der Waals surface area contributed by atoms with Gasteiger partial charge in [0.05, 0.1) is 16.1 Å². The maximum atomic E-state index is 12.6. The van der Waals surface area contributed by atoms with Crippen molar-refractivity contribution in [2.24, 2.45) is 5.73 Å². The van der Waals surface area contributed by atoms with E-state index < -0.39 is 6.03 Å². The summed E-state index contributed by atoms with van der Waals surface area (Å²) >= 11 is 12.3. The summed E-state index contributed by atoms with van der Waals surface area (Å²) in [7, 11) is 0. The molecule has 0 saturated carbocycles. The minimum absolute atomic E-state index is 0.0223. The summed E-state index contributed by atoms with van der Waals surface area (Å²) in [5, 5.41) is 4.38. The SMILES string of the molecule is CC(NCc1ccccc1)C(CCc1ccccc1)N(C(N)=O)c1ccc(Cl)c(Cl)c1. The number of hydrogen-bond acceptors (Lipinski definition) is 2. The van der Waals surface area contributed by atoms with Crippen molar-refractivity contribution in [2.45, 2.75) is 38.4 Å². The molecular weight excluding hydrogens is 429 g/mol. The zero-order valence-electron chi connectivity index (χ0n) is 17.5. The fourth-order valence-electron chi connectivity index (χ4n) is 3.69. The highest BCUT2D eigenvalue weighted by Crippen LogP contribution is 2.30. The van der Waals surface area contributed by atoms with Gasteiger partial charge in [0.2, 0.25) is 0 Å². The molecule has 0 aliphatic rings. The van der Waals surface area contributed by atoms with E-state index in [1.165, 1.54) is 11.1 Å². The Morgan fingerprint density at radius 2 is 1.55 bits per heavy atom. The molecule has 0 radical (unpaired) electrons. The highest BCUT2D eigenvalue weighted by atomic mass is 35.5. The van der Waals surface area contributed by atoms with Crippen molar-refractivity contribution >= 4 is 34.9 Å². The summed E-state index contributed by atoms with van der Waals surface area (Å²) in [6.45, 7) is 2.77. The lowest BCUT2D eigenvalue weighted by Gasteiger charge is -2.35. The number of hydrogen-bond donors (Lipinski definition) is 2. The summed E-state index contributed by atoms with van der Waals surface area (Å²) in [6, 6.07) is 24.8. The molecule has 3 rings (SSSR count). The molecule has 4 nitrogen and oxygen atoms in total. The number of amides is 2. The van der Waals surface area contributed by atoms with Gasteiger partial charge in [-0.05, 0) is 49.1 Å². The Hall–Kier alpha value is -2.53. The van der Waals surface area contributed by atoms with E-state index in [4.69, 9.17) is 28.9 Å². The van der Waals surface area contributed by atoms with Gasteiger partial charge in [0, 0.05) is 18.3 Å². The minimum Gasteiger partial charge on any atom is -0.351 e. The quantitative estimate of drug-likeness (QED) is 0.411. The molecule has 6 heteroatoms. The number of anilines is 1. The van der Waals surface area contributed by atoms with Gasteiger partial charge in [-0.2, -0.15) is 0 Å². The van der Waals surface area contributed by atoms with E-state index in [2.05, 4.69) is 36.5 Å². The molecule has 3 N–H and O–H groups in total. The van der Waals surface area contributed by atoms with Crippen LogP contribution in [-0.2, 0) is 13.0 Å². The fraction of sp³-hybridized carbons (Fsp3) is 0.240. The van der Waals surface area contributed by atoms with Gasteiger partial charge in [-0.3, -0.25) is 4.90 Å². The number of rotatable bonds is 9. The molecule has 0 spiro atoms. The van der Waals surface area contributed by atoms with Crippen LogP contribution in [0.25, 0.3) is 0 Å². The average Bonchev–Trinajstić information content (AvgIpc) is 2.78. The molecule has 0 bridgehead atoms. The van der Waals surface area contributed by atoms with Crippen LogP contribution in [-0.4, -0.2) is 18.1 Å². The van der Waals surface area contributed by atoms with Gasteiger partial charge in [0.1, 0.15) is 0 Å². The van der Waals surface area contributed by atoms with Gasteiger partial charge < -0.3 is 11.1 Å². The second-order valence-electron chi connectivity index (χ2n) is 7.55. The Bertz CT molecular complexity index is 983. The highest BCUT2D eigenvalue weighted by molar-refractivity contribution is 6.42. The number of carbonyl (C=O) groups is 1. The summed E-state index contributed by atoms with van der Waals surface area (Å²) in [5.74, 6) is 0. The third-order valence-electron chi connectivity index (χ3n) is 5.37. The number of halogens is 2. The molecule has 0 saturated heterocycles. The molecule has 0 aliphatic heterocycles. The van der Waals surface area contributed by atoms with E-state index in [1.54, 1.807) is 23.1 Å². The van der Waals surface area contributed by atoms with E-state index in [-0.39, 0.29) is 12.1 Å². The van der Waals surface area contributed by atoms with E-state index in [1.807, 2.05) is 36.4 Å². The van der Waals surface area contributed by atoms with Crippen LogP contribution in [0.15, 0.2) is 78.9 Å². The molecule has 0 fully saturated rings. The average molecular weight is 456 g/mol. The van der Waals surface area contributed by atoms with Crippen molar-refractivity contribution in [3.8, 4) is 0 Å². The number of nitrogens with zero attached hydrogens (tertiary/aromatic N) is 1. The number of primary amides is 1. The van der Waals surface area contributed by atoms with Crippen molar-refractivity contribution in [2.75, 3.05) is 4.90 Å². The van der Waals surface area contributed by atoms with Crippen LogP contribution in [0.5, 0.6) is 0 Å². The molecule has 3 aromatic rings. The molecule has 0 heterocycles. The number of aryl methyl sites for hydroxylation is 1. The normalized spacial score (nSPS) is 12.9. The third kappa shape index (κ3) is 6.47. The van der Waals surface area contributed by atoms with Crippen LogP contribution in [0.4, 0.5) is 10.5 Å². The lowest BCUT2D eigenvalue weighted by atomic mass is 9.98. The maximum Gasteiger partial charge on any atom is 0.319 e. The van der Waals surface area contributed by atoms with E-state index in [0.717, 1.165) is 12.8 Å². The van der Waals surface area contributed by atoms with E-state index >= 15 is 0 Å².